The van der Waals surface area contributed by atoms with Gasteiger partial charge < -0.3 is 5.32 Å². The lowest BCUT2D eigenvalue weighted by Gasteiger charge is -2.27. The van der Waals surface area contributed by atoms with E-state index >= 15 is 0 Å². The normalized spacial score (nSPS) is 17.9. The van der Waals surface area contributed by atoms with Crippen LogP contribution in [-0.4, -0.2) is 16.5 Å². The number of hydrogen-bond acceptors (Lipinski definition) is 3. The third kappa shape index (κ3) is 2.26. The monoisotopic (exact) mass is 253 g/mol. The standard InChI is InChI=1S/C16H19N3/c1-2-18-15(14-12-17-10-11-19-14)16(8-9-16)13-6-4-3-5-7-13/h3-7,10-12,15,18H,2,8-9H2,1H3. The second-order valence-electron chi connectivity index (χ2n) is 5.14. The molecule has 3 heteroatoms. The predicted molar refractivity (Wildman–Crippen MR) is 75.8 cm³/mol. The number of rotatable bonds is 5. The Bertz CT molecular complexity index is 520. The summed E-state index contributed by atoms with van der Waals surface area (Å²) < 4.78 is 0. The molecule has 1 aromatic heterocycles. The molecular formula is C16H19N3. The number of nitrogens with zero attached hydrogens (tertiary/aromatic N) is 2. The zero-order valence-electron chi connectivity index (χ0n) is 11.2. The van der Waals surface area contributed by atoms with Gasteiger partial charge in [0.05, 0.1) is 11.7 Å². The quantitative estimate of drug-likeness (QED) is 0.890. The summed E-state index contributed by atoms with van der Waals surface area (Å²) in [6.07, 6.45) is 7.82. The number of benzene rings is 1. The molecule has 1 aromatic carbocycles. The van der Waals surface area contributed by atoms with Crippen LogP contribution < -0.4 is 5.32 Å². The van der Waals surface area contributed by atoms with Crippen molar-refractivity contribution < 1.29 is 0 Å². The van der Waals surface area contributed by atoms with Crippen molar-refractivity contribution in [1.29, 1.82) is 0 Å². The molecule has 1 saturated carbocycles. The highest BCUT2D eigenvalue weighted by atomic mass is 15.0. The van der Waals surface area contributed by atoms with Gasteiger partial charge in [-0.1, -0.05) is 37.3 Å². The highest BCUT2D eigenvalue weighted by Gasteiger charge is 2.51. The summed E-state index contributed by atoms with van der Waals surface area (Å²) in [6.45, 7) is 3.08. The van der Waals surface area contributed by atoms with E-state index in [0.717, 1.165) is 12.2 Å². The minimum Gasteiger partial charge on any atom is -0.308 e. The molecule has 98 valence electrons. The maximum absolute atomic E-state index is 4.50. The van der Waals surface area contributed by atoms with Gasteiger partial charge >= 0.3 is 0 Å². The van der Waals surface area contributed by atoms with Gasteiger partial charge in [-0.05, 0) is 24.9 Å². The molecule has 19 heavy (non-hydrogen) atoms. The average Bonchev–Trinajstić information content (AvgIpc) is 3.28. The van der Waals surface area contributed by atoms with Crippen LogP contribution >= 0.6 is 0 Å². The van der Waals surface area contributed by atoms with Gasteiger partial charge in [-0.3, -0.25) is 9.97 Å². The summed E-state index contributed by atoms with van der Waals surface area (Å²) in [5.41, 5.74) is 2.66. The summed E-state index contributed by atoms with van der Waals surface area (Å²) in [4.78, 5) is 8.72. The molecule has 1 aliphatic carbocycles. The number of hydrogen-bond donors (Lipinski definition) is 1. The number of likely N-dealkylation sites (N-methyl/N-ethyl adjacent to an activating group) is 1. The van der Waals surface area contributed by atoms with Crippen molar-refractivity contribution in [3.05, 3.63) is 60.2 Å². The molecule has 0 radical (unpaired) electrons. The van der Waals surface area contributed by atoms with Gasteiger partial charge in [0.15, 0.2) is 0 Å². The molecule has 1 unspecified atom stereocenters. The number of aromatic nitrogens is 2. The predicted octanol–water partition coefficient (Wildman–Crippen LogP) is 2.86. The Hall–Kier alpha value is -1.74. The zero-order valence-corrected chi connectivity index (χ0v) is 11.2. The molecule has 3 nitrogen and oxygen atoms in total. The Kier molecular flexibility index (Phi) is 3.30. The van der Waals surface area contributed by atoms with Gasteiger partial charge in [0.2, 0.25) is 0 Å². The van der Waals surface area contributed by atoms with Crippen molar-refractivity contribution in [2.45, 2.75) is 31.2 Å². The van der Waals surface area contributed by atoms with Gasteiger partial charge in [-0.2, -0.15) is 0 Å². The summed E-state index contributed by atoms with van der Waals surface area (Å²) in [5, 5.41) is 3.60. The van der Waals surface area contributed by atoms with Crippen LogP contribution in [0.15, 0.2) is 48.9 Å². The Morgan fingerprint density at radius 3 is 2.58 bits per heavy atom. The molecular weight excluding hydrogens is 234 g/mol. The first-order valence-corrected chi connectivity index (χ1v) is 6.91. The fourth-order valence-electron chi connectivity index (χ4n) is 2.90. The van der Waals surface area contributed by atoms with Crippen LogP contribution in [0.2, 0.25) is 0 Å². The van der Waals surface area contributed by atoms with Crippen LogP contribution in [-0.2, 0) is 5.41 Å². The van der Waals surface area contributed by atoms with E-state index in [2.05, 4.69) is 52.5 Å². The second kappa shape index (κ2) is 5.10. The van der Waals surface area contributed by atoms with Gasteiger partial charge in [-0.15, -0.1) is 0 Å². The van der Waals surface area contributed by atoms with Crippen molar-refractivity contribution in [3.63, 3.8) is 0 Å². The second-order valence-corrected chi connectivity index (χ2v) is 5.14. The van der Waals surface area contributed by atoms with Crippen LogP contribution in [0.3, 0.4) is 0 Å². The van der Waals surface area contributed by atoms with E-state index in [1.807, 2.05) is 6.20 Å². The maximum Gasteiger partial charge on any atom is 0.0765 e. The fourth-order valence-corrected chi connectivity index (χ4v) is 2.90. The minimum atomic E-state index is 0.202. The van der Waals surface area contributed by atoms with Crippen LogP contribution in [0.4, 0.5) is 0 Å². The third-order valence-electron chi connectivity index (χ3n) is 3.98. The Balaban J connectivity index is 1.97. The summed E-state index contributed by atoms with van der Waals surface area (Å²) >= 11 is 0. The van der Waals surface area contributed by atoms with Crippen molar-refractivity contribution in [1.82, 2.24) is 15.3 Å². The first-order chi connectivity index (χ1) is 9.37. The van der Waals surface area contributed by atoms with Crippen molar-refractivity contribution in [2.24, 2.45) is 0 Å². The zero-order chi connectivity index (χ0) is 13.1. The van der Waals surface area contributed by atoms with E-state index in [1.54, 1.807) is 12.4 Å². The van der Waals surface area contributed by atoms with E-state index in [4.69, 9.17) is 0 Å². The molecule has 1 heterocycles. The lowest BCUT2D eigenvalue weighted by Crippen LogP contribution is -2.32. The molecule has 3 rings (SSSR count). The van der Waals surface area contributed by atoms with Crippen LogP contribution in [0.25, 0.3) is 0 Å². The Labute approximate surface area is 114 Å². The molecule has 0 bridgehead atoms. The summed E-state index contributed by atoms with van der Waals surface area (Å²) in [7, 11) is 0. The Morgan fingerprint density at radius 2 is 2.00 bits per heavy atom. The average molecular weight is 253 g/mol. The first-order valence-electron chi connectivity index (χ1n) is 6.91. The van der Waals surface area contributed by atoms with Gasteiger partial charge in [0.25, 0.3) is 0 Å². The van der Waals surface area contributed by atoms with Crippen LogP contribution in [0.5, 0.6) is 0 Å². The summed E-state index contributed by atoms with van der Waals surface area (Å²) in [6, 6.07) is 11.0. The molecule has 0 amide bonds. The lowest BCUT2D eigenvalue weighted by atomic mass is 9.86. The topological polar surface area (TPSA) is 37.8 Å². The molecule has 0 spiro atoms. The largest absolute Gasteiger partial charge is 0.308 e. The summed E-state index contributed by atoms with van der Waals surface area (Å²) in [5.74, 6) is 0. The van der Waals surface area contributed by atoms with E-state index in [-0.39, 0.29) is 11.5 Å². The third-order valence-corrected chi connectivity index (χ3v) is 3.98. The molecule has 0 saturated heterocycles. The SMILES string of the molecule is CCNC(c1cnccn1)C1(c2ccccc2)CC1. The van der Waals surface area contributed by atoms with Crippen molar-refractivity contribution >= 4 is 0 Å². The molecule has 0 aliphatic heterocycles. The molecule has 2 aromatic rings. The lowest BCUT2D eigenvalue weighted by molar-refractivity contribution is 0.429. The van der Waals surface area contributed by atoms with Gasteiger partial charge in [0, 0.05) is 24.0 Å². The van der Waals surface area contributed by atoms with Crippen molar-refractivity contribution in [3.8, 4) is 0 Å². The van der Waals surface area contributed by atoms with Crippen LogP contribution in [0.1, 0.15) is 37.1 Å². The van der Waals surface area contributed by atoms with E-state index in [9.17, 15) is 0 Å². The van der Waals surface area contributed by atoms with Crippen molar-refractivity contribution in [2.75, 3.05) is 6.54 Å². The van der Waals surface area contributed by atoms with E-state index in [1.165, 1.54) is 18.4 Å². The molecule has 1 N–H and O–H groups in total. The molecule has 1 aliphatic rings. The highest BCUT2D eigenvalue weighted by Crippen LogP contribution is 2.56. The van der Waals surface area contributed by atoms with Crippen LogP contribution in [0, 0.1) is 0 Å². The minimum absolute atomic E-state index is 0.202. The van der Waals surface area contributed by atoms with Gasteiger partial charge in [0.1, 0.15) is 0 Å². The fraction of sp³-hybridized carbons (Fsp3) is 0.375. The highest BCUT2D eigenvalue weighted by molar-refractivity contribution is 5.36. The Morgan fingerprint density at radius 1 is 1.21 bits per heavy atom. The van der Waals surface area contributed by atoms with Gasteiger partial charge in [-0.25, -0.2) is 0 Å². The van der Waals surface area contributed by atoms with E-state index in [0.29, 0.717) is 0 Å². The first kappa shape index (κ1) is 12.3. The number of nitrogens with one attached hydrogen (secondary N) is 1. The molecule has 1 fully saturated rings. The van der Waals surface area contributed by atoms with E-state index < -0.39 is 0 Å². The maximum atomic E-state index is 4.50. The smallest absolute Gasteiger partial charge is 0.0765 e. The molecule has 1 atom stereocenters.